The van der Waals surface area contributed by atoms with E-state index in [1.807, 2.05) is 0 Å². The summed E-state index contributed by atoms with van der Waals surface area (Å²) in [7, 11) is -8.20. The molecule has 0 aromatic heterocycles. The van der Waals surface area contributed by atoms with Crippen molar-refractivity contribution < 1.29 is 40.9 Å². The number of sulfonamides is 1. The van der Waals surface area contributed by atoms with Crippen LogP contribution in [0.25, 0.3) is 0 Å². The summed E-state index contributed by atoms with van der Waals surface area (Å²) in [5.74, 6) is -3.40. The molecule has 1 aromatic carbocycles. The summed E-state index contributed by atoms with van der Waals surface area (Å²) in [5.41, 5.74) is -1.13. The molecule has 0 saturated carbocycles. The summed E-state index contributed by atoms with van der Waals surface area (Å²) in [6.07, 6.45) is -3.95. The molecule has 0 aliphatic carbocycles. The van der Waals surface area contributed by atoms with E-state index < -0.39 is 70.6 Å². The molecule has 36 heavy (non-hydrogen) atoms. The first-order valence-electron chi connectivity index (χ1n) is 10.9. The van der Waals surface area contributed by atoms with Gasteiger partial charge in [-0.25, -0.2) is 8.42 Å². The number of benzene rings is 1. The summed E-state index contributed by atoms with van der Waals surface area (Å²) in [6, 6.07) is 2.76. The number of carbonyl (C=O) groups excluding carboxylic acids is 1. The highest BCUT2D eigenvalue weighted by atomic mass is 32.2. The van der Waals surface area contributed by atoms with E-state index >= 15 is 0 Å². The first kappa shape index (κ1) is 28.0. The maximum Gasteiger partial charge on any atom is 0.391 e. The fraction of sp³-hybridized carbons (Fsp3) is 0.524. The molecule has 3 unspecified atom stereocenters. The van der Waals surface area contributed by atoms with Crippen molar-refractivity contribution in [2.75, 3.05) is 22.8 Å². The minimum absolute atomic E-state index is 0.0164. The number of fused-ring (bicyclic) bond motifs is 1. The molecule has 0 fully saturated rings. The molecule has 4 N–H and O–H groups in total. The van der Waals surface area contributed by atoms with Crippen molar-refractivity contribution in [1.29, 1.82) is 0 Å². The summed E-state index contributed by atoms with van der Waals surface area (Å²) in [5, 5.41) is 13.5. The minimum atomic E-state index is -4.54. The third kappa shape index (κ3) is 5.70. The second-order valence-electron chi connectivity index (χ2n) is 9.98. The number of carbonyl (C=O) groups is 1. The number of amidine groups is 1. The fourth-order valence-electron chi connectivity index (χ4n) is 4.09. The standard InChI is InChI=1S/C21H28F3N4O6PS/c1-11(21(22,23)24)8-9-28-17(20(2,3)4)16(29)15(19(28)30)18-25-13-7-6-12(27-36(5,33)34)10-14(13)35(31,32)26-18/h6-7,10-11,17,27,29H,8-9H2,1-5H3,(H2,25,26,31,32). The van der Waals surface area contributed by atoms with Crippen molar-refractivity contribution in [3.05, 3.63) is 29.5 Å². The number of nitrogens with zero attached hydrogens (tertiary/aromatic N) is 2. The Bertz CT molecular complexity index is 1300. The van der Waals surface area contributed by atoms with E-state index in [0.29, 0.717) is 0 Å². The predicted octanol–water partition coefficient (Wildman–Crippen LogP) is 3.35. The van der Waals surface area contributed by atoms with Crippen molar-refractivity contribution in [2.24, 2.45) is 16.1 Å². The molecule has 2 aliphatic rings. The highest BCUT2D eigenvalue weighted by molar-refractivity contribution is 7.92. The van der Waals surface area contributed by atoms with Gasteiger partial charge in [-0.05, 0) is 30.0 Å². The molecule has 0 spiro atoms. The normalized spacial score (nSPS) is 23.8. The second-order valence-corrected chi connectivity index (χ2v) is 13.5. The Balaban J connectivity index is 2.00. The van der Waals surface area contributed by atoms with E-state index in [9.17, 15) is 40.9 Å². The number of hydrogen-bond donors (Lipinski definition) is 4. The van der Waals surface area contributed by atoms with Crippen molar-refractivity contribution in [3.63, 3.8) is 0 Å². The Morgan fingerprint density at radius 3 is 2.42 bits per heavy atom. The van der Waals surface area contributed by atoms with Crippen molar-refractivity contribution >= 4 is 46.0 Å². The van der Waals surface area contributed by atoms with Crippen LogP contribution in [-0.2, 0) is 19.4 Å². The molecule has 3 atom stereocenters. The Morgan fingerprint density at radius 1 is 1.28 bits per heavy atom. The molecular weight excluding hydrogens is 524 g/mol. The van der Waals surface area contributed by atoms with Crippen LogP contribution in [0, 0.1) is 11.3 Å². The number of hydrogen-bond acceptors (Lipinski definition) is 6. The number of amides is 1. The zero-order valence-corrected chi connectivity index (χ0v) is 21.9. The predicted molar refractivity (Wildman–Crippen MR) is 130 cm³/mol. The van der Waals surface area contributed by atoms with Gasteiger partial charge in [0.05, 0.1) is 29.2 Å². The first-order valence-corrected chi connectivity index (χ1v) is 14.4. The number of aliphatic hydroxyl groups is 1. The van der Waals surface area contributed by atoms with Crippen LogP contribution in [0.4, 0.5) is 24.5 Å². The van der Waals surface area contributed by atoms with Crippen molar-refractivity contribution in [3.8, 4) is 0 Å². The molecule has 2 heterocycles. The highest BCUT2D eigenvalue weighted by Crippen LogP contribution is 2.48. The van der Waals surface area contributed by atoms with E-state index in [0.717, 1.165) is 24.1 Å². The minimum Gasteiger partial charge on any atom is -0.509 e. The van der Waals surface area contributed by atoms with Gasteiger partial charge in [-0.15, -0.1) is 0 Å². The smallest absolute Gasteiger partial charge is 0.391 e. The number of aliphatic hydroxyl groups excluding tert-OH is 1. The topological polar surface area (TPSA) is 148 Å². The lowest BCUT2D eigenvalue weighted by Gasteiger charge is -2.35. The SMILES string of the molecule is CC(CCN1C(=O)C(C2=NP(=O)(O)c3cc(NS(C)(=O)=O)ccc3N2)=C(O)C1C(C)(C)C)C(F)(F)F. The number of nitrogens with one attached hydrogen (secondary N) is 2. The number of anilines is 2. The van der Waals surface area contributed by atoms with E-state index in [-0.39, 0.29) is 23.2 Å². The largest absolute Gasteiger partial charge is 0.509 e. The van der Waals surface area contributed by atoms with Crippen LogP contribution in [0.5, 0.6) is 0 Å². The maximum absolute atomic E-state index is 13.3. The molecule has 2 aliphatic heterocycles. The Morgan fingerprint density at radius 2 is 1.89 bits per heavy atom. The summed E-state index contributed by atoms with van der Waals surface area (Å²) < 4.78 is 81.1. The van der Waals surface area contributed by atoms with Gasteiger partial charge in [-0.3, -0.25) is 14.1 Å². The number of alkyl halides is 3. The van der Waals surface area contributed by atoms with Crippen molar-refractivity contribution in [2.45, 2.75) is 46.3 Å². The third-order valence-electron chi connectivity index (χ3n) is 5.82. The van der Waals surface area contributed by atoms with Crippen LogP contribution in [0.15, 0.2) is 34.3 Å². The van der Waals surface area contributed by atoms with Gasteiger partial charge in [-0.2, -0.15) is 17.9 Å². The lowest BCUT2D eigenvalue weighted by atomic mass is 9.85. The van der Waals surface area contributed by atoms with E-state index in [4.69, 9.17) is 0 Å². The van der Waals surface area contributed by atoms with Gasteiger partial charge in [0.1, 0.15) is 11.3 Å². The van der Waals surface area contributed by atoms with Gasteiger partial charge in [0.2, 0.25) is 10.0 Å². The molecule has 3 rings (SSSR count). The van der Waals surface area contributed by atoms with E-state index in [2.05, 4.69) is 14.8 Å². The van der Waals surface area contributed by atoms with Crippen LogP contribution in [-0.4, -0.2) is 60.1 Å². The maximum atomic E-state index is 13.3. The Labute approximate surface area is 206 Å². The van der Waals surface area contributed by atoms with Gasteiger partial charge in [0.15, 0.2) is 5.84 Å². The van der Waals surface area contributed by atoms with E-state index in [1.54, 1.807) is 20.8 Å². The molecule has 1 amide bonds. The molecule has 15 heteroatoms. The first-order chi connectivity index (χ1) is 16.2. The third-order valence-corrected chi connectivity index (χ3v) is 7.90. The second kappa shape index (κ2) is 9.07. The number of rotatable bonds is 6. The van der Waals surface area contributed by atoms with Gasteiger partial charge in [0.25, 0.3) is 5.91 Å². The van der Waals surface area contributed by atoms with Crippen LogP contribution in [0.2, 0.25) is 0 Å². The van der Waals surface area contributed by atoms with E-state index in [1.165, 1.54) is 12.1 Å². The summed E-state index contributed by atoms with van der Waals surface area (Å²) >= 11 is 0. The monoisotopic (exact) mass is 552 g/mol. The average molecular weight is 553 g/mol. The molecular formula is C21H28F3N4O6PS. The molecule has 0 saturated heterocycles. The quantitative estimate of drug-likeness (QED) is 0.396. The van der Waals surface area contributed by atoms with Gasteiger partial charge in [0, 0.05) is 12.2 Å². The molecule has 200 valence electrons. The Kier molecular flexibility index (Phi) is 7.06. The zero-order chi connectivity index (χ0) is 27.4. The van der Waals surface area contributed by atoms with Gasteiger partial charge >= 0.3 is 13.7 Å². The zero-order valence-electron chi connectivity index (χ0n) is 20.2. The Hall–Kier alpha value is -2.57. The van der Waals surface area contributed by atoms with Crippen molar-refractivity contribution in [1.82, 2.24) is 4.90 Å². The van der Waals surface area contributed by atoms with Crippen LogP contribution >= 0.6 is 7.52 Å². The van der Waals surface area contributed by atoms with Crippen LogP contribution in [0.1, 0.15) is 34.1 Å². The summed E-state index contributed by atoms with van der Waals surface area (Å²) in [6.45, 7) is 5.78. The van der Waals surface area contributed by atoms with Gasteiger partial charge in [-0.1, -0.05) is 27.7 Å². The lowest BCUT2D eigenvalue weighted by molar-refractivity contribution is -0.173. The molecule has 10 nitrogen and oxygen atoms in total. The average Bonchev–Trinajstić information content (AvgIpc) is 2.93. The van der Waals surface area contributed by atoms with Crippen LogP contribution in [0.3, 0.4) is 0 Å². The van der Waals surface area contributed by atoms with Gasteiger partial charge < -0.3 is 20.2 Å². The molecule has 0 bridgehead atoms. The summed E-state index contributed by atoms with van der Waals surface area (Å²) in [4.78, 5) is 25.1. The molecule has 0 radical (unpaired) electrons. The lowest BCUT2D eigenvalue weighted by Crippen LogP contribution is -2.45. The van der Waals surface area contributed by atoms with Crippen LogP contribution < -0.4 is 15.3 Å². The fourth-order valence-corrected chi connectivity index (χ4v) is 5.93. The molecule has 1 aromatic rings. The number of halogens is 3. The highest BCUT2D eigenvalue weighted by Gasteiger charge is 2.49.